The molecule has 0 unspecified atom stereocenters. The first-order chi connectivity index (χ1) is 14.3. The zero-order valence-electron chi connectivity index (χ0n) is 20.0. The van der Waals surface area contributed by atoms with E-state index in [2.05, 4.69) is 82.6 Å². The standard InChI is InChI=1S/C16H18N2.C10H16.C2H6/c1-12-8-13(2)10-14(9-12)16(17)11-18-15-6-4-3-5-7-15;1-5-7-10(4)8-9(3)6-2;1-2/h3-6,8-11H,7,17H2,1-2H3;6-8H,2,5H2,1,3-4H3;1-2H3/b16-11-,18-15?;9-8-,10-7-;. The van der Waals surface area contributed by atoms with Crippen LogP contribution in [0, 0.1) is 13.8 Å². The molecule has 0 amide bonds. The molecule has 0 aliphatic heterocycles. The van der Waals surface area contributed by atoms with Gasteiger partial charge in [0.2, 0.25) is 0 Å². The molecule has 0 heterocycles. The van der Waals surface area contributed by atoms with E-state index in [0.717, 1.165) is 24.1 Å². The molecule has 1 aliphatic rings. The monoisotopic (exact) mass is 404 g/mol. The Balaban J connectivity index is 0.000000600. The summed E-state index contributed by atoms with van der Waals surface area (Å²) < 4.78 is 0. The molecule has 0 atom stereocenters. The lowest BCUT2D eigenvalue weighted by Gasteiger charge is -2.05. The Bertz CT molecular complexity index is 823. The van der Waals surface area contributed by atoms with Crippen molar-refractivity contribution in [3.63, 3.8) is 0 Å². The molecular formula is C28H40N2. The SMILES string of the molecule is C=C/C(C)=C\C(C)=C/CC.CC.Cc1cc(C)cc(/C(N)=C/N=C2C=CC=CC2)c1. The molecule has 2 heteroatoms. The zero-order chi connectivity index (χ0) is 22.9. The lowest BCUT2D eigenvalue weighted by atomic mass is 10.1. The van der Waals surface area contributed by atoms with Gasteiger partial charge < -0.3 is 5.73 Å². The Kier molecular flexibility index (Phi) is 14.5. The second-order valence-corrected chi connectivity index (χ2v) is 7.02. The Hall–Kier alpha value is -2.87. The molecule has 1 aromatic carbocycles. The minimum atomic E-state index is 0.706. The summed E-state index contributed by atoms with van der Waals surface area (Å²) in [4.78, 5) is 4.41. The van der Waals surface area contributed by atoms with Gasteiger partial charge in [-0.1, -0.05) is 92.1 Å². The summed E-state index contributed by atoms with van der Waals surface area (Å²) in [6.45, 7) is 18.1. The highest BCUT2D eigenvalue weighted by atomic mass is 14.7. The van der Waals surface area contributed by atoms with Crippen molar-refractivity contribution in [1.29, 1.82) is 0 Å². The molecular weight excluding hydrogens is 364 g/mol. The maximum Gasteiger partial charge on any atom is 0.0573 e. The van der Waals surface area contributed by atoms with Crippen molar-refractivity contribution in [3.8, 4) is 0 Å². The van der Waals surface area contributed by atoms with Gasteiger partial charge >= 0.3 is 0 Å². The van der Waals surface area contributed by atoms with Crippen LogP contribution in [0.15, 0.2) is 89.6 Å². The number of hydrogen-bond donors (Lipinski definition) is 1. The lowest BCUT2D eigenvalue weighted by Crippen LogP contribution is -1.98. The van der Waals surface area contributed by atoms with Crippen LogP contribution in [0.5, 0.6) is 0 Å². The topological polar surface area (TPSA) is 38.4 Å². The Labute approximate surface area is 185 Å². The van der Waals surface area contributed by atoms with E-state index in [1.807, 2.05) is 38.2 Å². The van der Waals surface area contributed by atoms with Gasteiger partial charge in [0.05, 0.1) is 11.9 Å². The highest BCUT2D eigenvalue weighted by Crippen LogP contribution is 2.14. The van der Waals surface area contributed by atoms with Gasteiger partial charge in [-0.15, -0.1) is 0 Å². The van der Waals surface area contributed by atoms with E-state index in [1.165, 1.54) is 22.3 Å². The smallest absolute Gasteiger partial charge is 0.0573 e. The maximum atomic E-state index is 6.06. The summed E-state index contributed by atoms with van der Waals surface area (Å²) in [7, 11) is 0. The summed E-state index contributed by atoms with van der Waals surface area (Å²) in [5.74, 6) is 0. The number of aliphatic imine (C=N–C) groups is 1. The number of hydrogen-bond acceptors (Lipinski definition) is 2. The number of aryl methyl sites for hydroxylation is 2. The Morgan fingerprint density at radius 3 is 2.20 bits per heavy atom. The third-order valence-electron chi connectivity index (χ3n) is 4.09. The first-order valence-corrected chi connectivity index (χ1v) is 10.8. The van der Waals surface area contributed by atoms with Gasteiger partial charge in [-0.3, -0.25) is 4.99 Å². The van der Waals surface area contributed by atoms with E-state index in [9.17, 15) is 0 Å². The molecule has 0 saturated heterocycles. The molecule has 2 rings (SSSR count). The quantitative estimate of drug-likeness (QED) is 0.496. The van der Waals surface area contributed by atoms with Crippen LogP contribution in [0.1, 0.15) is 64.2 Å². The largest absolute Gasteiger partial charge is 0.397 e. The summed E-state index contributed by atoms with van der Waals surface area (Å²) >= 11 is 0. The number of rotatable bonds is 5. The number of nitrogens with zero attached hydrogens (tertiary/aromatic N) is 1. The number of nitrogens with two attached hydrogens (primary N) is 1. The van der Waals surface area contributed by atoms with Crippen LogP contribution in [0.4, 0.5) is 0 Å². The van der Waals surface area contributed by atoms with E-state index in [1.54, 1.807) is 6.20 Å². The number of allylic oxidation sites excluding steroid dienone is 9. The predicted molar refractivity (Wildman–Crippen MR) is 138 cm³/mol. The summed E-state index contributed by atoms with van der Waals surface area (Å²) in [5.41, 5.74) is 13.8. The lowest BCUT2D eigenvalue weighted by molar-refractivity contribution is 1.19. The van der Waals surface area contributed by atoms with E-state index in [4.69, 9.17) is 5.73 Å². The summed E-state index contributed by atoms with van der Waals surface area (Å²) in [5, 5.41) is 0. The van der Waals surface area contributed by atoms with E-state index in [-0.39, 0.29) is 0 Å². The zero-order valence-corrected chi connectivity index (χ0v) is 20.0. The van der Waals surface area contributed by atoms with Crippen molar-refractivity contribution in [2.24, 2.45) is 10.7 Å². The second-order valence-electron chi connectivity index (χ2n) is 7.02. The Morgan fingerprint density at radius 1 is 1.07 bits per heavy atom. The van der Waals surface area contributed by atoms with Crippen molar-refractivity contribution < 1.29 is 0 Å². The van der Waals surface area contributed by atoms with E-state index < -0.39 is 0 Å². The fourth-order valence-electron chi connectivity index (χ4n) is 2.77. The molecule has 30 heavy (non-hydrogen) atoms. The molecule has 0 bridgehead atoms. The van der Waals surface area contributed by atoms with Crippen molar-refractivity contribution in [2.75, 3.05) is 0 Å². The van der Waals surface area contributed by atoms with Crippen LogP contribution in [-0.4, -0.2) is 5.71 Å². The van der Waals surface area contributed by atoms with Gasteiger partial charge in [0, 0.05) is 12.1 Å². The average molecular weight is 405 g/mol. The second kappa shape index (κ2) is 16.0. The predicted octanol–water partition coefficient (Wildman–Crippen LogP) is 8.02. The van der Waals surface area contributed by atoms with Gasteiger partial charge in [-0.25, -0.2) is 0 Å². The first kappa shape index (κ1) is 27.1. The fourth-order valence-corrected chi connectivity index (χ4v) is 2.77. The molecule has 0 saturated carbocycles. The van der Waals surface area contributed by atoms with Crippen LogP contribution in [-0.2, 0) is 0 Å². The van der Waals surface area contributed by atoms with Gasteiger partial charge in [-0.2, -0.15) is 0 Å². The van der Waals surface area contributed by atoms with Crippen molar-refractivity contribution in [3.05, 3.63) is 101 Å². The Morgan fingerprint density at radius 2 is 1.70 bits per heavy atom. The van der Waals surface area contributed by atoms with Gasteiger partial charge in [0.25, 0.3) is 0 Å². The summed E-state index contributed by atoms with van der Waals surface area (Å²) in [6, 6.07) is 6.29. The third-order valence-corrected chi connectivity index (χ3v) is 4.09. The van der Waals surface area contributed by atoms with Crippen molar-refractivity contribution in [2.45, 2.75) is 61.3 Å². The van der Waals surface area contributed by atoms with E-state index >= 15 is 0 Å². The minimum absolute atomic E-state index is 0.706. The van der Waals surface area contributed by atoms with Crippen LogP contribution in [0.2, 0.25) is 0 Å². The molecule has 0 fully saturated rings. The van der Waals surface area contributed by atoms with Gasteiger partial charge in [0.15, 0.2) is 0 Å². The van der Waals surface area contributed by atoms with Gasteiger partial charge in [-0.05, 0) is 57.9 Å². The molecule has 1 aliphatic carbocycles. The molecule has 1 aromatic rings. The van der Waals surface area contributed by atoms with Crippen LogP contribution < -0.4 is 5.73 Å². The highest BCUT2D eigenvalue weighted by Gasteiger charge is 1.99. The van der Waals surface area contributed by atoms with Crippen molar-refractivity contribution in [1.82, 2.24) is 0 Å². The molecule has 0 radical (unpaired) electrons. The average Bonchev–Trinajstić information content (AvgIpc) is 2.74. The molecule has 162 valence electrons. The molecule has 0 spiro atoms. The fraction of sp³-hybridized carbons (Fsp3) is 0.321. The first-order valence-electron chi connectivity index (χ1n) is 10.8. The molecule has 0 aromatic heterocycles. The van der Waals surface area contributed by atoms with Crippen molar-refractivity contribution >= 4 is 11.4 Å². The van der Waals surface area contributed by atoms with Crippen LogP contribution >= 0.6 is 0 Å². The summed E-state index contributed by atoms with van der Waals surface area (Å²) in [6.07, 6.45) is 18.0. The highest BCUT2D eigenvalue weighted by molar-refractivity contribution is 5.97. The minimum Gasteiger partial charge on any atom is -0.397 e. The maximum absolute atomic E-state index is 6.06. The molecule has 2 nitrogen and oxygen atoms in total. The van der Waals surface area contributed by atoms with Gasteiger partial charge in [0.1, 0.15) is 0 Å². The number of benzene rings is 1. The van der Waals surface area contributed by atoms with Crippen LogP contribution in [0.25, 0.3) is 5.70 Å². The third kappa shape index (κ3) is 11.9. The molecule has 2 N–H and O–H groups in total. The normalized spacial score (nSPS) is 15.2. The van der Waals surface area contributed by atoms with Crippen LogP contribution in [0.3, 0.4) is 0 Å². The van der Waals surface area contributed by atoms with E-state index in [0.29, 0.717) is 5.70 Å².